The number of nitrogens with zero attached hydrogens (tertiary/aromatic N) is 1. The molecule has 0 aliphatic heterocycles. The summed E-state index contributed by atoms with van der Waals surface area (Å²) in [7, 11) is 0. The lowest BCUT2D eigenvalue weighted by atomic mass is 10.00. The summed E-state index contributed by atoms with van der Waals surface area (Å²) >= 11 is 0. The van der Waals surface area contributed by atoms with Gasteiger partial charge in [-0.1, -0.05) is 6.07 Å². The standard InChI is InChI=1S/C12H9NO2/c13-5-6-1-2-8-7(3-6)4-9-10(8)11(9)12(14)15/h1-3,9-11H,4H2,(H,14,15)/t9-,10+,11?/m0/s1. The van der Waals surface area contributed by atoms with Crippen LogP contribution in [0.3, 0.4) is 0 Å². The average Bonchev–Trinajstić information content (AvgIpc) is 2.82. The van der Waals surface area contributed by atoms with Crippen LogP contribution in [-0.4, -0.2) is 11.1 Å². The highest BCUT2D eigenvalue weighted by atomic mass is 16.4. The predicted molar refractivity (Wildman–Crippen MR) is 52.2 cm³/mol. The molecule has 0 heterocycles. The summed E-state index contributed by atoms with van der Waals surface area (Å²) in [5.74, 6) is -0.359. The minimum absolute atomic E-state index is 0.176. The van der Waals surface area contributed by atoms with Crippen molar-refractivity contribution in [1.29, 1.82) is 5.26 Å². The Balaban J connectivity index is 1.98. The highest BCUT2D eigenvalue weighted by Gasteiger charge is 2.59. The van der Waals surface area contributed by atoms with Gasteiger partial charge in [-0.15, -0.1) is 0 Å². The van der Waals surface area contributed by atoms with Gasteiger partial charge in [0.25, 0.3) is 0 Å². The van der Waals surface area contributed by atoms with Gasteiger partial charge in [0.2, 0.25) is 0 Å². The average molecular weight is 199 g/mol. The van der Waals surface area contributed by atoms with E-state index in [1.807, 2.05) is 12.1 Å². The zero-order chi connectivity index (χ0) is 10.6. The second-order valence-corrected chi connectivity index (χ2v) is 4.28. The third kappa shape index (κ3) is 1.02. The van der Waals surface area contributed by atoms with Gasteiger partial charge in [0.1, 0.15) is 0 Å². The van der Waals surface area contributed by atoms with Gasteiger partial charge in [-0.2, -0.15) is 5.26 Å². The quantitative estimate of drug-likeness (QED) is 0.746. The molecule has 1 aromatic rings. The van der Waals surface area contributed by atoms with E-state index in [1.165, 1.54) is 5.56 Å². The first-order chi connectivity index (χ1) is 7.22. The van der Waals surface area contributed by atoms with Crippen LogP contribution in [-0.2, 0) is 11.2 Å². The lowest BCUT2D eigenvalue weighted by Gasteiger charge is -2.04. The summed E-state index contributed by atoms with van der Waals surface area (Å²) in [6.45, 7) is 0. The highest BCUT2D eigenvalue weighted by molar-refractivity contribution is 5.77. The van der Waals surface area contributed by atoms with Gasteiger partial charge in [-0.05, 0) is 35.6 Å². The molecule has 3 atom stereocenters. The first-order valence-electron chi connectivity index (χ1n) is 4.98. The van der Waals surface area contributed by atoms with Gasteiger partial charge < -0.3 is 5.11 Å². The van der Waals surface area contributed by atoms with E-state index in [4.69, 9.17) is 10.4 Å². The van der Waals surface area contributed by atoms with E-state index in [-0.39, 0.29) is 17.8 Å². The number of hydrogen-bond donors (Lipinski definition) is 1. The molecule has 74 valence electrons. The smallest absolute Gasteiger partial charge is 0.307 e. The maximum atomic E-state index is 10.9. The van der Waals surface area contributed by atoms with Crippen LogP contribution in [0.15, 0.2) is 18.2 Å². The first kappa shape index (κ1) is 8.49. The number of hydrogen-bond acceptors (Lipinski definition) is 2. The Morgan fingerprint density at radius 3 is 3.00 bits per heavy atom. The van der Waals surface area contributed by atoms with Gasteiger partial charge in [-0.25, -0.2) is 0 Å². The van der Waals surface area contributed by atoms with Crippen LogP contribution in [0.25, 0.3) is 0 Å². The van der Waals surface area contributed by atoms with Crippen molar-refractivity contribution in [3.63, 3.8) is 0 Å². The van der Waals surface area contributed by atoms with Crippen molar-refractivity contribution >= 4 is 5.97 Å². The van der Waals surface area contributed by atoms with Crippen LogP contribution in [0, 0.1) is 23.2 Å². The van der Waals surface area contributed by atoms with Gasteiger partial charge in [0, 0.05) is 5.92 Å². The van der Waals surface area contributed by atoms with Gasteiger partial charge in [0.15, 0.2) is 0 Å². The molecule has 2 aliphatic carbocycles. The van der Waals surface area contributed by atoms with Crippen molar-refractivity contribution in [2.75, 3.05) is 0 Å². The fourth-order valence-electron chi connectivity index (χ4n) is 2.82. The lowest BCUT2D eigenvalue weighted by molar-refractivity contribution is -0.139. The Morgan fingerprint density at radius 1 is 1.53 bits per heavy atom. The molecular weight excluding hydrogens is 190 g/mol. The Bertz CT molecular complexity index is 501. The van der Waals surface area contributed by atoms with Crippen LogP contribution in [0.4, 0.5) is 0 Å². The van der Waals surface area contributed by atoms with Crippen LogP contribution < -0.4 is 0 Å². The number of benzene rings is 1. The second kappa shape index (κ2) is 2.60. The second-order valence-electron chi connectivity index (χ2n) is 4.28. The molecule has 3 heteroatoms. The number of rotatable bonds is 1. The van der Waals surface area contributed by atoms with E-state index in [1.54, 1.807) is 6.07 Å². The topological polar surface area (TPSA) is 61.1 Å². The number of nitriles is 1. The predicted octanol–water partition coefficient (Wildman–Crippen LogP) is 1.53. The molecule has 0 bridgehead atoms. The molecule has 3 nitrogen and oxygen atoms in total. The fourth-order valence-corrected chi connectivity index (χ4v) is 2.82. The number of carboxylic acids is 1. The van der Waals surface area contributed by atoms with E-state index in [0.717, 1.165) is 12.0 Å². The van der Waals surface area contributed by atoms with Crippen LogP contribution in [0.5, 0.6) is 0 Å². The molecule has 1 fully saturated rings. The summed E-state index contributed by atoms with van der Waals surface area (Å²) in [5.41, 5.74) is 2.98. The summed E-state index contributed by atoms with van der Waals surface area (Å²) in [5, 5.41) is 17.7. The third-order valence-electron chi connectivity index (χ3n) is 3.54. The van der Waals surface area contributed by atoms with E-state index in [2.05, 4.69) is 6.07 Å². The van der Waals surface area contributed by atoms with Crippen molar-refractivity contribution in [3.8, 4) is 6.07 Å². The van der Waals surface area contributed by atoms with Gasteiger partial charge >= 0.3 is 5.97 Å². The normalized spacial score (nSPS) is 30.2. The number of fused-ring (bicyclic) bond motifs is 3. The number of carbonyl (C=O) groups is 1. The molecule has 0 aromatic heterocycles. The molecular formula is C12H9NO2. The number of aliphatic carboxylic acids is 1. The summed E-state index contributed by atoms with van der Waals surface area (Å²) in [6.07, 6.45) is 0.826. The molecule has 1 unspecified atom stereocenters. The van der Waals surface area contributed by atoms with Crippen LogP contribution >= 0.6 is 0 Å². The first-order valence-corrected chi connectivity index (χ1v) is 4.98. The molecule has 0 radical (unpaired) electrons. The largest absolute Gasteiger partial charge is 0.481 e. The Kier molecular flexibility index (Phi) is 1.47. The maximum Gasteiger partial charge on any atom is 0.307 e. The molecule has 1 aromatic carbocycles. The van der Waals surface area contributed by atoms with Crippen molar-refractivity contribution in [2.24, 2.45) is 11.8 Å². The molecule has 0 spiro atoms. The van der Waals surface area contributed by atoms with Crippen molar-refractivity contribution in [3.05, 3.63) is 34.9 Å². The summed E-state index contributed by atoms with van der Waals surface area (Å²) < 4.78 is 0. The van der Waals surface area contributed by atoms with Crippen LogP contribution in [0.2, 0.25) is 0 Å². The summed E-state index contributed by atoms with van der Waals surface area (Å²) in [4.78, 5) is 10.9. The van der Waals surface area contributed by atoms with Crippen LogP contribution in [0.1, 0.15) is 22.6 Å². The zero-order valence-electron chi connectivity index (χ0n) is 7.97. The van der Waals surface area contributed by atoms with E-state index in [9.17, 15) is 4.79 Å². The van der Waals surface area contributed by atoms with Crippen molar-refractivity contribution in [2.45, 2.75) is 12.3 Å². The van der Waals surface area contributed by atoms with Gasteiger partial charge in [-0.3, -0.25) is 4.79 Å². The Labute approximate surface area is 87.0 Å². The van der Waals surface area contributed by atoms with Crippen molar-refractivity contribution < 1.29 is 9.90 Å². The molecule has 3 rings (SSSR count). The Morgan fingerprint density at radius 2 is 2.33 bits per heavy atom. The molecule has 15 heavy (non-hydrogen) atoms. The van der Waals surface area contributed by atoms with Gasteiger partial charge in [0.05, 0.1) is 17.6 Å². The van der Waals surface area contributed by atoms with E-state index >= 15 is 0 Å². The zero-order valence-corrected chi connectivity index (χ0v) is 7.97. The Hall–Kier alpha value is -1.82. The summed E-state index contributed by atoms with van der Waals surface area (Å²) in [6, 6.07) is 7.69. The van der Waals surface area contributed by atoms with E-state index < -0.39 is 5.97 Å². The molecule has 1 saturated carbocycles. The minimum atomic E-state index is -0.681. The molecule has 2 aliphatic rings. The van der Waals surface area contributed by atoms with Crippen molar-refractivity contribution in [1.82, 2.24) is 0 Å². The molecule has 0 saturated heterocycles. The molecule has 0 amide bonds. The maximum absolute atomic E-state index is 10.9. The molecule has 1 N–H and O–H groups in total. The van der Waals surface area contributed by atoms with E-state index in [0.29, 0.717) is 5.56 Å². The highest BCUT2D eigenvalue weighted by Crippen LogP contribution is 2.61. The fraction of sp³-hybridized carbons (Fsp3) is 0.333. The third-order valence-corrected chi connectivity index (χ3v) is 3.54. The monoisotopic (exact) mass is 199 g/mol. The SMILES string of the molecule is N#Cc1ccc2c(c1)C[C@@H]1C(C(=O)O)[C@H]21. The minimum Gasteiger partial charge on any atom is -0.481 e. The lowest BCUT2D eigenvalue weighted by Crippen LogP contribution is -2.05. The number of carboxylic acid groups (broad SMARTS) is 1.